The normalized spacial score (nSPS) is 12.2. The predicted molar refractivity (Wildman–Crippen MR) is 106 cm³/mol. The molecular weight excluding hydrogens is 370 g/mol. The van der Waals surface area contributed by atoms with Gasteiger partial charge in [-0.2, -0.15) is 0 Å². The molecule has 0 bridgehead atoms. The van der Waals surface area contributed by atoms with Gasteiger partial charge in [0.2, 0.25) is 10.0 Å². The number of aromatic nitrogens is 1. The highest BCUT2D eigenvalue weighted by molar-refractivity contribution is 7.89. The van der Waals surface area contributed by atoms with Crippen LogP contribution in [0.4, 0.5) is 0 Å². The smallest absolute Gasteiger partial charge is 0.238 e. The number of thiazole rings is 1. The van der Waals surface area contributed by atoms with Crippen LogP contribution in [0.25, 0.3) is 0 Å². The van der Waals surface area contributed by atoms with E-state index in [4.69, 9.17) is 5.14 Å². The molecule has 1 aromatic carbocycles. The van der Waals surface area contributed by atoms with E-state index in [-0.39, 0.29) is 4.90 Å². The number of nitrogens with zero attached hydrogens (tertiary/aromatic N) is 2. The molecule has 2 aromatic rings. The van der Waals surface area contributed by atoms with Crippen molar-refractivity contribution in [3.63, 3.8) is 0 Å². The third-order valence-electron chi connectivity index (χ3n) is 3.72. The van der Waals surface area contributed by atoms with Crippen molar-refractivity contribution in [3.8, 4) is 0 Å². The zero-order valence-electron chi connectivity index (χ0n) is 15.2. The molecule has 1 aromatic heterocycles. The maximum Gasteiger partial charge on any atom is 0.238 e. The fraction of sp³-hybridized carbons (Fsp3) is 0.412. The first-order valence-electron chi connectivity index (χ1n) is 8.36. The minimum Gasteiger partial charge on any atom is -0.357 e. The minimum absolute atomic E-state index is 0.101. The van der Waals surface area contributed by atoms with Gasteiger partial charge in [-0.25, -0.2) is 23.5 Å². The zero-order chi connectivity index (χ0) is 19.2. The van der Waals surface area contributed by atoms with Crippen molar-refractivity contribution in [2.75, 3.05) is 13.1 Å². The van der Waals surface area contributed by atoms with Gasteiger partial charge in [-0.15, -0.1) is 11.3 Å². The Morgan fingerprint density at radius 3 is 2.46 bits per heavy atom. The number of nitrogens with one attached hydrogen (secondary N) is 2. The summed E-state index contributed by atoms with van der Waals surface area (Å²) in [6, 6.07) is 6.42. The van der Waals surface area contributed by atoms with Crippen molar-refractivity contribution >= 4 is 27.3 Å². The summed E-state index contributed by atoms with van der Waals surface area (Å²) in [5.74, 6) is 0.716. The highest BCUT2D eigenvalue weighted by Crippen LogP contribution is 2.16. The summed E-state index contributed by atoms with van der Waals surface area (Å²) < 4.78 is 22.6. The second kappa shape index (κ2) is 9.11. The number of sulfonamides is 1. The van der Waals surface area contributed by atoms with E-state index < -0.39 is 10.0 Å². The van der Waals surface area contributed by atoms with Gasteiger partial charge in [0.25, 0.3) is 0 Å². The van der Waals surface area contributed by atoms with Crippen molar-refractivity contribution in [2.24, 2.45) is 10.1 Å². The molecule has 1 heterocycles. The average Bonchev–Trinajstić information content (AvgIpc) is 2.90. The quantitative estimate of drug-likeness (QED) is 0.488. The summed E-state index contributed by atoms with van der Waals surface area (Å²) in [5, 5.41) is 12.7. The molecule has 0 fully saturated rings. The Labute approximate surface area is 158 Å². The number of aryl methyl sites for hydroxylation is 2. The number of rotatable bonds is 7. The Bertz CT molecular complexity index is 838. The topological polar surface area (TPSA) is 109 Å². The lowest BCUT2D eigenvalue weighted by Gasteiger charge is -2.10. The van der Waals surface area contributed by atoms with Crippen molar-refractivity contribution in [2.45, 2.75) is 38.6 Å². The maximum absolute atomic E-state index is 11.3. The van der Waals surface area contributed by atoms with Gasteiger partial charge < -0.3 is 10.6 Å². The lowest BCUT2D eigenvalue weighted by Crippen LogP contribution is -2.38. The molecule has 9 heteroatoms. The Morgan fingerprint density at radius 1 is 1.23 bits per heavy atom. The van der Waals surface area contributed by atoms with Crippen LogP contribution in [0.3, 0.4) is 0 Å². The van der Waals surface area contributed by atoms with E-state index in [2.05, 4.69) is 27.5 Å². The number of primary sulfonamides is 1. The number of nitrogens with two attached hydrogens (primary N) is 1. The standard InChI is InChI=1S/C17H25N5O2S2/c1-4-19-17(20-10-9-16-22-12(2)13(3)25-16)21-11-14-5-7-15(8-6-14)26(18,23)24/h5-8H,4,9-11H2,1-3H3,(H2,18,23,24)(H2,19,20,21). The molecule has 0 aliphatic heterocycles. The maximum atomic E-state index is 11.3. The lowest BCUT2D eigenvalue weighted by atomic mass is 10.2. The third-order valence-corrected chi connectivity index (χ3v) is 5.78. The van der Waals surface area contributed by atoms with Crippen LogP contribution in [0.15, 0.2) is 34.2 Å². The molecule has 0 radical (unpaired) electrons. The van der Waals surface area contributed by atoms with Crippen molar-refractivity contribution in [1.82, 2.24) is 15.6 Å². The zero-order valence-corrected chi connectivity index (χ0v) is 16.9. The molecule has 0 unspecified atom stereocenters. The van der Waals surface area contributed by atoms with E-state index in [0.29, 0.717) is 12.5 Å². The van der Waals surface area contributed by atoms with Gasteiger partial charge in [0.1, 0.15) is 0 Å². The molecule has 7 nitrogen and oxygen atoms in total. The predicted octanol–water partition coefficient (Wildman–Crippen LogP) is 1.71. The Balaban J connectivity index is 1.93. The monoisotopic (exact) mass is 395 g/mol. The summed E-state index contributed by atoms with van der Waals surface area (Å²) in [6.45, 7) is 8.04. The van der Waals surface area contributed by atoms with E-state index in [1.807, 2.05) is 13.8 Å². The second-order valence-electron chi connectivity index (χ2n) is 5.81. The highest BCUT2D eigenvalue weighted by atomic mass is 32.2. The van der Waals surface area contributed by atoms with Gasteiger partial charge in [-0.1, -0.05) is 12.1 Å². The summed E-state index contributed by atoms with van der Waals surface area (Å²) in [7, 11) is -3.66. The molecule has 0 saturated heterocycles. The molecule has 0 atom stereocenters. The fourth-order valence-electron chi connectivity index (χ4n) is 2.23. The Hall–Kier alpha value is -1.97. The molecular formula is C17H25N5O2S2. The van der Waals surface area contributed by atoms with Gasteiger partial charge >= 0.3 is 0 Å². The highest BCUT2D eigenvalue weighted by Gasteiger charge is 2.07. The van der Waals surface area contributed by atoms with Gasteiger partial charge in [0.15, 0.2) is 5.96 Å². The van der Waals surface area contributed by atoms with Gasteiger partial charge in [-0.3, -0.25) is 0 Å². The van der Waals surface area contributed by atoms with Crippen molar-refractivity contribution in [1.29, 1.82) is 0 Å². The van der Waals surface area contributed by atoms with E-state index in [9.17, 15) is 8.42 Å². The number of aliphatic imine (C=N–C) groups is 1. The molecule has 26 heavy (non-hydrogen) atoms. The molecule has 0 saturated carbocycles. The minimum atomic E-state index is -3.66. The van der Waals surface area contributed by atoms with E-state index >= 15 is 0 Å². The van der Waals surface area contributed by atoms with E-state index in [1.54, 1.807) is 23.5 Å². The van der Waals surface area contributed by atoms with E-state index in [0.717, 1.165) is 35.8 Å². The SMILES string of the molecule is CCNC(=NCc1ccc(S(N)(=O)=O)cc1)NCCc1nc(C)c(C)s1. The summed E-state index contributed by atoms with van der Waals surface area (Å²) in [4.78, 5) is 10.4. The lowest BCUT2D eigenvalue weighted by molar-refractivity contribution is 0.598. The molecule has 0 spiro atoms. The van der Waals surface area contributed by atoms with Crippen LogP contribution in [-0.4, -0.2) is 32.5 Å². The summed E-state index contributed by atoms with van der Waals surface area (Å²) in [5.41, 5.74) is 1.99. The fourth-order valence-corrected chi connectivity index (χ4v) is 3.68. The molecule has 0 aliphatic carbocycles. The van der Waals surface area contributed by atoms with Crippen molar-refractivity contribution in [3.05, 3.63) is 45.4 Å². The first kappa shape index (κ1) is 20.3. The largest absolute Gasteiger partial charge is 0.357 e. The van der Waals surface area contributed by atoms with Gasteiger partial charge in [0.05, 0.1) is 22.1 Å². The molecule has 142 valence electrons. The van der Waals surface area contributed by atoms with Crippen LogP contribution in [0, 0.1) is 13.8 Å². The van der Waals surface area contributed by atoms with Crippen LogP contribution in [0.2, 0.25) is 0 Å². The summed E-state index contributed by atoms with van der Waals surface area (Å²) in [6.07, 6.45) is 0.840. The molecule has 4 N–H and O–H groups in total. The molecule has 2 rings (SSSR count). The molecule has 0 aliphatic rings. The van der Waals surface area contributed by atoms with Crippen molar-refractivity contribution < 1.29 is 8.42 Å². The van der Waals surface area contributed by atoms with Crippen LogP contribution >= 0.6 is 11.3 Å². The Kier molecular flexibility index (Phi) is 7.13. The van der Waals surface area contributed by atoms with Crippen LogP contribution in [0.5, 0.6) is 0 Å². The first-order chi connectivity index (χ1) is 12.3. The van der Waals surface area contributed by atoms with Crippen LogP contribution in [0.1, 0.15) is 28.1 Å². The number of hydrogen-bond acceptors (Lipinski definition) is 5. The van der Waals surface area contributed by atoms with Crippen LogP contribution in [-0.2, 0) is 23.0 Å². The average molecular weight is 396 g/mol. The Morgan fingerprint density at radius 2 is 1.92 bits per heavy atom. The third kappa shape index (κ3) is 6.08. The summed E-state index contributed by atoms with van der Waals surface area (Å²) >= 11 is 1.72. The van der Waals surface area contributed by atoms with Crippen LogP contribution < -0.4 is 15.8 Å². The number of benzene rings is 1. The van der Waals surface area contributed by atoms with Gasteiger partial charge in [0, 0.05) is 24.4 Å². The molecule has 0 amide bonds. The van der Waals surface area contributed by atoms with Gasteiger partial charge in [-0.05, 0) is 38.5 Å². The second-order valence-corrected chi connectivity index (χ2v) is 8.66. The number of hydrogen-bond donors (Lipinski definition) is 3. The number of guanidine groups is 1. The first-order valence-corrected chi connectivity index (χ1v) is 10.7. The van der Waals surface area contributed by atoms with E-state index in [1.165, 1.54) is 17.0 Å².